The molecule has 1 unspecified atom stereocenters. The fourth-order valence-electron chi connectivity index (χ4n) is 3.73. The zero-order valence-corrected chi connectivity index (χ0v) is 16.3. The number of alkyl halides is 3. The first kappa shape index (κ1) is 19.9. The third-order valence-corrected chi connectivity index (χ3v) is 6.24. The average Bonchev–Trinajstić information content (AvgIpc) is 3.15. The molecule has 0 spiro atoms. The number of rotatable bonds is 3. The molecule has 1 atom stereocenters. The molecule has 2 aromatic heterocycles. The van der Waals surface area contributed by atoms with Crippen LogP contribution in [0.2, 0.25) is 0 Å². The van der Waals surface area contributed by atoms with Gasteiger partial charge < -0.3 is 4.90 Å². The normalized spacial score (nSPS) is 19.3. The molecule has 2 aromatic rings. The molecule has 2 aliphatic heterocycles. The molecule has 1 saturated heterocycles. The van der Waals surface area contributed by atoms with Crippen molar-refractivity contribution in [3.8, 4) is 0 Å². The number of aryl methyl sites for hydroxylation is 1. The van der Waals surface area contributed by atoms with E-state index in [0.717, 1.165) is 53.9 Å². The van der Waals surface area contributed by atoms with Gasteiger partial charge in [0.1, 0.15) is 5.69 Å². The standard InChI is InChI=1S/C19H19F3N4O2S/c20-19(21,22)16-4-3-12(9-23-16)18(28)25-6-1-2-14(25)10-26-17(27)8-13-11-29-7-5-15(13)24-26/h3-4,8-9,14H,1-2,5-7,10-11H2. The van der Waals surface area contributed by atoms with Gasteiger partial charge in [0.05, 0.1) is 23.8 Å². The number of hydrogen-bond acceptors (Lipinski definition) is 5. The number of fused-ring (bicyclic) bond motifs is 1. The first-order chi connectivity index (χ1) is 13.8. The second kappa shape index (κ2) is 7.81. The molecular weight excluding hydrogens is 405 g/mol. The molecule has 1 amide bonds. The number of nitrogens with zero attached hydrogens (tertiary/aromatic N) is 4. The van der Waals surface area contributed by atoms with Crippen LogP contribution in [-0.2, 0) is 24.9 Å². The minimum atomic E-state index is -4.55. The van der Waals surface area contributed by atoms with E-state index in [1.54, 1.807) is 22.7 Å². The third kappa shape index (κ3) is 4.17. The van der Waals surface area contributed by atoms with E-state index in [0.29, 0.717) is 13.0 Å². The maximum atomic E-state index is 12.8. The Morgan fingerprint density at radius 2 is 2.14 bits per heavy atom. The van der Waals surface area contributed by atoms with E-state index in [2.05, 4.69) is 10.1 Å². The van der Waals surface area contributed by atoms with Crippen LogP contribution in [0.5, 0.6) is 0 Å². The Kier molecular flexibility index (Phi) is 5.37. The fourth-order valence-corrected chi connectivity index (χ4v) is 4.68. The molecule has 0 aliphatic carbocycles. The number of pyridine rings is 1. The number of thioether (sulfide) groups is 1. The van der Waals surface area contributed by atoms with Crippen molar-refractivity contribution in [3.05, 3.63) is 57.3 Å². The van der Waals surface area contributed by atoms with Gasteiger partial charge >= 0.3 is 6.18 Å². The van der Waals surface area contributed by atoms with E-state index in [4.69, 9.17) is 0 Å². The van der Waals surface area contributed by atoms with Crippen LogP contribution in [0.3, 0.4) is 0 Å². The summed E-state index contributed by atoms with van der Waals surface area (Å²) in [6.45, 7) is 0.764. The van der Waals surface area contributed by atoms with Gasteiger partial charge in [0.25, 0.3) is 11.5 Å². The lowest BCUT2D eigenvalue weighted by molar-refractivity contribution is -0.141. The molecule has 10 heteroatoms. The molecule has 0 bridgehead atoms. The summed E-state index contributed by atoms with van der Waals surface area (Å²) in [6.07, 6.45) is -1.30. The minimum absolute atomic E-state index is 0.104. The van der Waals surface area contributed by atoms with Gasteiger partial charge in [-0.2, -0.15) is 30.0 Å². The number of amides is 1. The Hall–Kier alpha value is -2.36. The number of halogens is 3. The summed E-state index contributed by atoms with van der Waals surface area (Å²) in [5, 5.41) is 4.50. The Morgan fingerprint density at radius 1 is 1.31 bits per heavy atom. The van der Waals surface area contributed by atoms with Crippen molar-refractivity contribution in [1.29, 1.82) is 0 Å². The number of carbonyl (C=O) groups is 1. The molecule has 6 nitrogen and oxygen atoms in total. The monoisotopic (exact) mass is 424 g/mol. The summed E-state index contributed by atoms with van der Waals surface area (Å²) in [5.74, 6) is 1.37. The van der Waals surface area contributed by atoms with Gasteiger partial charge in [0.2, 0.25) is 0 Å². The molecule has 0 radical (unpaired) electrons. The van der Waals surface area contributed by atoms with Crippen molar-refractivity contribution >= 4 is 17.7 Å². The average molecular weight is 424 g/mol. The minimum Gasteiger partial charge on any atom is -0.334 e. The SMILES string of the molecule is O=C(c1ccc(C(F)(F)F)nc1)N1CCCC1Cn1nc2c(cc1=O)CSCC2. The predicted molar refractivity (Wildman–Crippen MR) is 102 cm³/mol. The number of carbonyl (C=O) groups excluding carboxylic acids is 1. The largest absolute Gasteiger partial charge is 0.433 e. The summed E-state index contributed by atoms with van der Waals surface area (Å²) in [6, 6.07) is 3.35. The van der Waals surface area contributed by atoms with Gasteiger partial charge in [-0.3, -0.25) is 14.6 Å². The van der Waals surface area contributed by atoms with Crippen molar-refractivity contribution in [2.45, 2.75) is 43.8 Å². The Bertz CT molecular complexity index is 975. The van der Waals surface area contributed by atoms with Crippen molar-refractivity contribution < 1.29 is 18.0 Å². The summed E-state index contributed by atoms with van der Waals surface area (Å²) >= 11 is 1.77. The van der Waals surface area contributed by atoms with Gasteiger partial charge in [0, 0.05) is 31.0 Å². The second-order valence-corrected chi connectivity index (χ2v) is 8.27. The van der Waals surface area contributed by atoms with Gasteiger partial charge in [-0.15, -0.1) is 0 Å². The van der Waals surface area contributed by atoms with E-state index in [9.17, 15) is 22.8 Å². The number of hydrogen-bond donors (Lipinski definition) is 0. The predicted octanol–water partition coefficient (Wildman–Crippen LogP) is 2.75. The van der Waals surface area contributed by atoms with Crippen LogP contribution in [-0.4, -0.2) is 43.9 Å². The highest BCUT2D eigenvalue weighted by Gasteiger charge is 2.34. The summed E-state index contributed by atoms with van der Waals surface area (Å²) in [7, 11) is 0. The summed E-state index contributed by atoms with van der Waals surface area (Å²) in [5.41, 5.74) is 0.772. The highest BCUT2D eigenvalue weighted by atomic mass is 32.2. The molecule has 0 aromatic carbocycles. The Balaban J connectivity index is 1.52. The highest BCUT2D eigenvalue weighted by Crippen LogP contribution is 2.28. The summed E-state index contributed by atoms with van der Waals surface area (Å²) in [4.78, 5) is 30.2. The maximum Gasteiger partial charge on any atom is 0.433 e. The molecule has 1 fully saturated rings. The quantitative estimate of drug-likeness (QED) is 0.758. The van der Waals surface area contributed by atoms with Crippen LogP contribution in [0.25, 0.3) is 0 Å². The zero-order chi connectivity index (χ0) is 20.6. The van der Waals surface area contributed by atoms with Crippen LogP contribution in [0, 0.1) is 0 Å². The van der Waals surface area contributed by atoms with Gasteiger partial charge in [-0.1, -0.05) is 0 Å². The molecule has 0 saturated carbocycles. The Labute approximate surface area is 169 Å². The Morgan fingerprint density at radius 3 is 2.86 bits per heavy atom. The molecule has 4 heterocycles. The van der Waals surface area contributed by atoms with Crippen molar-refractivity contribution in [1.82, 2.24) is 19.7 Å². The number of aromatic nitrogens is 3. The van der Waals surface area contributed by atoms with Crippen LogP contribution >= 0.6 is 11.8 Å². The van der Waals surface area contributed by atoms with E-state index in [1.165, 1.54) is 4.68 Å². The third-order valence-electron chi connectivity index (χ3n) is 5.23. The van der Waals surface area contributed by atoms with Crippen molar-refractivity contribution in [2.75, 3.05) is 12.3 Å². The number of likely N-dealkylation sites (tertiary alicyclic amines) is 1. The van der Waals surface area contributed by atoms with Gasteiger partial charge in [-0.05, 0) is 36.3 Å². The van der Waals surface area contributed by atoms with Crippen LogP contribution in [0.4, 0.5) is 13.2 Å². The lowest BCUT2D eigenvalue weighted by atomic mass is 10.1. The fraction of sp³-hybridized carbons (Fsp3) is 0.474. The lowest BCUT2D eigenvalue weighted by Gasteiger charge is -2.25. The first-order valence-electron chi connectivity index (χ1n) is 9.35. The lowest BCUT2D eigenvalue weighted by Crippen LogP contribution is -2.41. The van der Waals surface area contributed by atoms with E-state index in [1.807, 2.05) is 0 Å². The topological polar surface area (TPSA) is 68.1 Å². The smallest absolute Gasteiger partial charge is 0.334 e. The second-order valence-electron chi connectivity index (χ2n) is 7.16. The van der Waals surface area contributed by atoms with Crippen molar-refractivity contribution in [3.63, 3.8) is 0 Å². The first-order valence-corrected chi connectivity index (χ1v) is 10.5. The van der Waals surface area contributed by atoms with E-state index in [-0.39, 0.29) is 29.6 Å². The summed E-state index contributed by atoms with van der Waals surface area (Å²) < 4.78 is 39.5. The molecular formula is C19H19F3N4O2S. The van der Waals surface area contributed by atoms with E-state index >= 15 is 0 Å². The van der Waals surface area contributed by atoms with E-state index < -0.39 is 11.9 Å². The molecule has 4 rings (SSSR count). The zero-order valence-electron chi connectivity index (χ0n) is 15.5. The molecule has 2 aliphatic rings. The van der Waals surface area contributed by atoms with Crippen LogP contribution < -0.4 is 5.56 Å². The van der Waals surface area contributed by atoms with Gasteiger partial charge in [0.15, 0.2) is 0 Å². The molecule has 29 heavy (non-hydrogen) atoms. The van der Waals surface area contributed by atoms with Crippen molar-refractivity contribution in [2.24, 2.45) is 0 Å². The van der Waals surface area contributed by atoms with Crippen LogP contribution in [0.15, 0.2) is 29.2 Å². The van der Waals surface area contributed by atoms with Crippen LogP contribution in [0.1, 0.15) is 40.2 Å². The molecule has 154 valence electrons. The molecule has 0 N–H and O–H groups in total. The van der Waals surface area contributed by atoms with Gasteiger partial charge in [-0.25, -0.2) is 4.68 Å². The highest BCUT2D eigenvalue weighted by molar-refractivity contribution is 7.98. The maximum absolute atomic E-state index is 12.8.